The first kappa shape index (κ1) is 15.9. The van der Waals surface area contributed by atoms with Crippen LogP contribution in [0.15, 0.2) is 30.3 Å². The maximum atomic E-state index is 14.1. The van der Waals surface area contributed by atoms with Crippen LogP contribution in [0.25, 0.3) is 0 Å². The molecule has 0 aliphatic rings. The molecule has 2 aromatic carbocycles. The van der Waals surface area contributed by atoms with Crippen LogP contribution < -0.4 is 5.32 Å². The molecule has 2 aromatic rings. The lowest BCUT2D eigenvalue weighted by Crippen LogP contribution is -2.23. The quantitative estimate of drug-likeness (QED) is 0.844. The number of halogens is 3. The molecule has 2 rings (SSSR count). The molecular formula is C17H18ClF2N. The van der Waals surface area contributed by atoms with Crippen LogP contribution in [0.2, 0.25) is 5.02 Å². The molecule has 1 atom stereocenters. The summed E-state index contributed by atoms with van der Waals surface area (Å²) >= 11 is 5.98. The molecular weight excluding hydrogens is 292 g/mol. The Balaban J connectivity index is 2.56. The molecule has 1 unspecified atom stereocenters. The summed E-state index contributed by atoms with van der Waals surface area (Å²) in [5.41, 5.74) is 2.40. The Hall–Kier alpha value is -1.45. The van der Waals surface area contributed by atoms with Crippen molar-refractivity contribution in [3.8, 4) is 0 Å². The van der Waals surface area contributed by atoms with E-state index in [1.165, 1.54) is 12.1 Å². The lowest BCUT2D eigenvalue weighted by molar-refractivity contribution is 0.556. The Morgan fingerprint density at radius 2 is 1.71 bits per heavy atom. The van der Waals surface area contributed by atoms with E-state index >= 15 is 0 Å². The average molecular weight is 310 g/mol. The van der Waals surface area contributed by atoms with E-state index in [9.17, 15) is 8.78 Å². The van der Waals surface area contributed by atoms with Gasteiger partial charge in [-0.3, -0.25) is 0 Å². The second-order valence-electron chi connectivity index (χ2n) is 5.13. The maximum absolute atomic E-state index is 14.1. The fraction of sp³-hybridized carbons (Fsp3) is 0.294. The van der Waals surface area contributed by atoms with Gasteiger partial charge in [0.1, 0.15) is 11.6 Å². The number of aryl methyl sites for hydroxylation is 2. The third-order valence-corrected chi connectivity index (χ3v) is 3.70. The van der Waals surface area contributed by atoms with E-state index in [4.69, 9.17) is 11.6 Å². The van der Waals surface area contributed by atoms with Gasteiger partial charge in [-0.1, -0.05) is 30.7 Å². The van der Waals surface area contributed by atoms with Gasteiger partial charge in [0.05, 0.1) is 6.04 Å². The van der Waals surface area contributed by atoms with Crippen molar-refractivity contribution >= 4 is 11.6 Å². The molecule has 0 bridgehead atoms. The van der Waals surface area contributed by atoms with E-state index in [1.807, 2.05) is 6.92 Å². The minimum atomic E-state index is -0.355. The smallest absolute Gasteiger partial charge is 0.129 e. The molecule has 112 valence electrons. The van der Waals surface area contributed by atoms with Crippen LogP contribution in [0.1, 0.15) is 35.2 Å². The highest BCUT2D eigenvalue weighted by molar-refractivity contribution is 6.30. The summed E-state index contributed by atoms with van der Waals surface area (Å²) in [5.74, 6) is -0.550. The van der Waals surface area contributed by atoms with Gasteiger partial charge in [0.25, 0.3) is 0 Å². The van der Waals surface area contributed by atoms with Crippen molar-refractivity contribution < 1.29 is 8.78 Å². The van der Waals surface area contributed by atoms with Crippen LogP contribution in [-0.2, 0) is 0 Å². The number of rotatable bonds is 4. The van der Waals surface area contributed by atoms with Gasteiger partial charge in [0.15, 0.2) is 0 Å². The highest BCUT2D eigenvalue weighted by atomic mass is 35.5. The fourth-order valence-electron chi connectivity index (χ4n) is 2.49. The molecule has 0 aromatic heterocycles. The molecule has 1 N–H and O–H groups in total. The largest absolute Gasteiger partial charge is 0.306 e. The van der Waals surface area contributed by atoms with Crippen LogP contribution in [0, 0.1) is 25.5 Å². The van der Waals surface area contributed by atoms with Crippen molar-refractivity contribution in [3.63, 3.8) is 0 Å². The molecule has 0 saturated heterocycles. The molecule has 0 spiro atoms. The van der Waals surface area contributed by atoms with Gasteiger partial charge in [-0.2, -0.15) is 0 Å². The average Bonchev–Trinajstić information content (AvgIpc) is 2.44. The van der Waals surface area contributed by atoms with Gasteiger partial charge in [0.2, 0.25) is 0 Å². The third-order valence-electron chi connectivity index (χ3n) is 3.47. The highest BCUT2D eigenvalue weighted by Gasteiger charge is 2.19. The van der Waals surface area contributed by atoms with Crippen molar-refractivity contribution in [2.45, 2.75) is 26.8 Å². The summed E-state index contributed by atoms with van der Waals surface area (Å²) in [5, 5.41) is 3.71. The van der Waals surface area contributed by atoms with Crippen LogP contribution in [0.5, 0.6) is 0 Å². The standard InChI is InChI=1S/C17H18ClF2N/c1-4-21-17(14-9-13(18)5-6-15(14)19)12-7-10(2)16(20)11(3)8-12/h5-9,17,21H,4H2,1-3H3. The Morgan fingerprint density at radius 3 is 2.29 bits per heavy atom. The topological polar surface area (TPSA) is 12.0 Å². The number of benzene rings is 2. The van der Waals surface area contributed by atoms with Crippen LogP contribution in [0.4, 0.5) is 8.78 Å². The molecule has 1 nitrogen and oxygen atoms in total. The van der Waals surface area contributed by atoms with Gasteiger partial charge in [0, 0.05) is 10.6 Å². The zero-order valence-corrected chi connectivity index (χ0v) is 13.1. The zero-order valence-electron chi connectivity index (χ0n) is 12.3. The second-order valence-corrected chi connectivity index (χ2v) is 5.56. The predicted octanol–water partition coefficient (Wildman–Crippen LogP) is 4.93. The fourth-order valence-corrected chi connectivity index (χ4v) is 2.67. The van der Waals surface area contributed by atoms with E-state index < -0.39 is 0 Å². The van der Waals surface area contributed by atoms with Crippen molar-refractivity contribution in [3.05, 3.63) is 69.2 Å². The Bertz CT molecular complexity index is 632. The monoisotopic (exact) mass is 309 g/mol. The van der Waals surface area contributed by atoms with E-state index in [1.54, 1.807) is 32.0 Å². The van der Waals surface area contributed by atoms with Crippen LogP contribution in [-0.4, -0.2) is 6.54 Å². The van der Waals surface area contributed by atoms with Crippen molar-refractivity contribution in [1.82, 2.24) is 5.32 Å². The number of hydrogen-bond donors (Lipinski definition) is 1. The third kappa shape index (κ3) is 3.42. The molecule has 0 saturated carbocycles. The highest BCUT2D eigenvalue weighted by Crippen LogP contribution is 2.29. The van der Waals surface area contributed by atoms with Crippen molar-refractivity contribution in [2.75, 3.05) is 6.54 Å². The van der Waals surface area contributed by atoms with Gasteiger partial charge >= 0.3 is 0 Å². The summed E-state index contributed by atoms with van der Waals surface area (Å²) in [7, 11) is 0. The van der Waals surface area contributed by atoms with E-state index in [0.29, 0.717) is 28.3 Å². The molecule has 0 aliphatic heterocycles. The molecule has 0 radical (unpaired) electrons. The van der Waals surface area contributed by atoms with Gasteiger partial charge in [-0.05, 0) is 55.3 Å². The molecule has 0 amide bonds. The lowest BCUT2D eigenvalue weighted by atomic mass is 9.95. The van der Waals surface area contributed by atoms with Gasteiger partial charge in [-0.15, -0.1) is 0 Å². The summed E-state index contributed by atoms with van der Waals surface area (Å²) in [6.45, 7) is 6.02. The van der Waals surface area contributed by atoms with E-state index in [2.05, 4.69) is 5.32 Å². The summed E-state index contributed by atoms with van der Waals surface area (Å²) in [6.07, 6.45) is 0. The molecule has 21 heavy (non-hydrogen) atoms. The SMILES string of the molecule is CCNC(c1cc(C)c(F)c(C)c1)c1cc(Cl)ccc1F. The Labute approximate surface area is 128 Å². The Morgan fingerprint density at radius 1 is 1.10 bits per heavy atom. The second kappa shape index (κ2) is 6.54. The van der Waals surface area contributed by atoms with Crippen LogP contribution in [0.3, 0.4) is 0 Å². The predicted molar refractivity (Wildman–Crippen MR) is 82.8 cm³/mol. The normalized spacial score (nSPS) is 12.5. The summed E-state index contributed by atoms with van der Waals surface area (Å²) in [4.78, 5) is 0. The minimum Gasteiger partial charge on any atom is -0.306 e. The van der Waals surface area contributed by atoms with Gasteiger partial charge < -0.3 is 5.32 Å². The molecule has 0 aliphatic carbocycles. The van der Waals surface area contributed by atoms with E-state index in [0.717, 1.165) is 5.56 Å². The zero-order chi connectivity index (χ0) is 15.6. The summed E-state index contributed by atoms with van der Waals surface area (Å²) in [6, 6.07) is 7.62. The van der Waals surface area contributed by atoms with E-state index in [-0.39, 0.29) is 17.7 Å². The summed E-state index contributed by atoms with van der Waals surface area (Å²) < 4.78 is 27.9. The van der Waals surface area contributed by atoms with Crippen molar-refractivity contribution in [2.24, 2.45) is 0 Å². The molecule has 0 heterocycles. The molecule has 0 fully saturated rings. The lowest BCUT2D eigenvalue weighted by Gasteiger charge is -2.21. The molecule has 4 heteroatoms. The van der Waals surface area contributed by atoms with Gasteiger partial charge in [-0.25, -0.2) is 8.78 Å². The van der Waals surface area contributed by atoms with Crippen LogP contribution >= 0.6 is 11.6 Å². The number of hydrogen-bond acceptors (Lipinski definition) is 1. The minimum absolute atomic E-state index is 0.222. The Kier molecular flexibility index (Phi) is 4.96. The maximum Gasteiger partial charge on any atom is 0.129 e. The number of nitrogens with one attached hydrogen (secondary N) is 1. The first-order valence-electron chi connectivity index (χ1n) is 6.89. The van der Waals surface area contributed by atoms with Crippen molar-refractivity contribution in [1.29, 1.82) is 0 Å². The first-order chi connectivity index (χ1) is 9.93. The first-order valence-corrected chi connectivity index (χ1v) is 7.26.